The summed E-state index contributed by atoms with van der Waals surface area (Å²) in [6, 6.07) is 0. The van der Waals surface area contributed by atoms with Crippen LogP contribution in [0.1, 0.15) is 32.6 Å². The van der Waals surface area contributed by atoms with Crippen molar-refractivity contribution in [3.63, 3.8) is 0 Å². The second-order valence-corrected chi connectivity index (χ2v) is 2.31. The van der Waals surface area contributed by atoms with Crippen LogP contribution < -0.4 is 0 Å². The highest BCUT2D eigenvalue weighted by Crippen LogP contribution is 1.90. The van der Waals surface area contributed by atoms with Gasteiger partial charge in [0.25, 0.3) is 0 Å². The van der Waals surface area contributed by atoms with Crippen molar-refractivity contribution in [2.24, 2.45) is 0 Å². The van der Waals surface area contributed by atoms with E-state index in [0.717, 1.165) is 19.3 Å². The van der Waals surface area contributed by atoms with Gasteiger partial charge in [0, 0.05) is 0 Å². The molecule has 0 aliphatic rings. The molecule has 0 aromatic carbocycles. The highest BCUT2D eigenvalue weighted by Gasteiger charge is 1.71. The van der Waals surface area contributed by atoms with Crippen LogP contribution in [0.2, 0.25) is 0 Å². The van der Waals surface area contributed by atoms with E-state index in [2.05, 4.69) is 20.4 Å². The quantitative estimate of drug-likeness (QED) is 0.326. The summed E-state index contributed by atoms with van der Waals surface area (Å²) in [7, 11) is 0. The molecule has 0 aliphatic carbocycles. The third kappa shape index (κ3) is 22.9. The van der Waals surface area contributed by atoms with Gasteiger partial charge < -0.3 is 0 Å². The third-order valence-electron chi connectivity index (χ3n) is 1.14. The van der Waals surface area contributed by atoms with E-state index in [-0.39, 0.29) is 0 Å². The van der Waals surface area contributed by atoms with Gasteiger partial charge in [-0.2, -0.15) is 0 Å². The second-order valence-electron chi connectivity index (χ2n) is 2.31. The van der Waals surface area contributed by atoms with Crippen LogP contribution in [0.25, 0.3) is 0 Å². The topological polar surface area (TPSA) is 0 Å². The van der Waals surface area contributed by atoms with Crippen molar-refractivity contribution in [1.29, 1.82) is 0 Å². The number of allylic oxidation sites excluding steroid dienone is 4. The average Bonchev–Trinajstić information content (AvgIpc) is 2.12. The van der Waals surface area contributed by atoms with Crippen molar-refractivity contribution in [3.8, 4) is 0 Å². The zero-order valence-corrected chi connectivity index (χ0v) is 8.13. The van der Waals surface area contributed by atoms with Gasteiger partial charge in [-0.05, 0) is 19.3 Å². The molecule has 0 N–H and O–H groups in total. The SMILES string of the molecule is [CH2]CCCC=C.[CH]=CC=CCC. The van der Waals surface area contributed by atoms with Crippen LogP contribution in [0.4, 0.5) is 0 Å². The minimum Gasteiger partial charge on any atom is -0.103 e. The Bertz CT molecular complexity index is 109. The Morgan fingerprint density at radius 1 is 1.42 bits per heavy atom. The minimum atomic E-state index is 1.03. The minimum absolute atomic E-state index is 1.03. The van der Waals surface area contributed by atoms with Crippen molar-refractivity contribution < 1.29 is 0 Å². The van der Waals surface area contributed by atoms with E-state index >= 15 is 0 Å². The maximum Gasteiger partial charge on any atom is -0.0353 e. The smallest absolute Gasteiger partial charge is 0.0353 e. The van der Waals surface area contributed by atoms with Crippen LogP contribution in [-0.4, -0.2) is 0 Å². The lowest BCUT2D eigenvalue weighted by Crippen LogP contribution is -1.62. The maximum atomic E-state index is 5.00. The number of unbranched alkanes of at least 4 members (excludes halogenated alkanes) is 2. The lowest BCUT2D eigenvalue weighted by Gasteiger charge is -1.81. The molecule has 0 rings (SSSR count). The van der Waals surface area contributed by atoms with E-state index in [1.165, 1.54) is 12.5 Å². The summed E-state index contributed by atoms with van der Waals surface area (Å²) in [6.07, 6.45) is 11.7. The zero-order chi connectivity index (χ0) is 9.66. The Hall–Kier alpha value is -0.780. The van der Waals surface area contributed by atoms with Crippen molar-refractivity contribution in [3.05, 3.63) is 44.4 Å². The molecular formula is C12H20. The first-order valence-corrected chi connectivity index (χ1v) is 4.43. The third-order valence-corrected chi connectivity index (χ3v) is 1.14. The molecule has 0 fully saturated rings. The van der Waals surface area contributed by atoms with E-state index < -0.39 is 0 Å². The molecule has 0 aromatic heterocycles. The van der Waals surface area contributed by atoms with Gasteiger partial charge in [-0.3, -0.25) is 0 Å². The molecule has 0 aliphatic heterocycles. The lowest BCUT2D eigenvalue weighted by molar-refractivity contribution is 0.867. The maximum absolute atomic E-state index is 5.00. The summed E-state index contributed by atoms with van der Waals surface area (Å²) in [5.41, 5.74) is 0. The molecule has 68 valence electrons. The Balaban J connectivity index is 0. The van der Waals surface area contributed by atoms with Crippen molar-refractivity contribution in [1.82, 2.24) is 0 Å². The Morgan fingerprint density at radius 2 is 2.08 bits per heavy atom. The molecule has 0 heteroatoms. The molecular weight excluding hydrogens is 144 g/mol. The summed E-state index contributed by atoms with van der Waals surface area (Å²) >= 11 is 0. The van der Waals surface area contributed by atoms with Gasteiger partial charge in [0.05, 0.1) is 0 Å². The molecule has 0 atom stereocenters. The van der Waals surface area contributed by atoms with Crippen LogP contribution in [0.5, 0.6) is 0 Å². The Labute approximate surface area is 77.7 Å². The average molecular weight is 164 g/mol. The van der Waals surface area contributed by atoms with Crippen molar-refractivity contribution >= 4 is 0 Å². The molecule has 0 bridgehead atoms. The van der Waals surface area contributed by atoms with Crippen LogP contribution >= 0.6 is 0 Å². The van der Waals surface area contributed by atoms with Gasteiger partial charge in [-0.1, -0.05) is 51.2 Å². The molecule has 0 unspecified atom stereocenters. The normalized spacial score (nSPS) is 8.83. The Morgan fingerprint density at radius 3 is 2.25 bits per heavy atom. The molecule has 0 saturated heterocycles. The first-order chi connectivity index (χ1) is 5.83. The number of hydrogen-bond acceptors (Lipinski definition) is 0. The molecule has 0 heterocycles. The van der Waals surface area contributed by atoms with Gasteiger partial charge in [0.1, 0.15) is 0 Å². The second kappa shape index (κ2) is 16.7. The monoisotopic (exact) mass is 164 g/mol. The van der Waals surface area contributed by atoms with Gasteiger partial charge >= 0.3 is 0 Å². The fraction of sp³-hybridized carbons (Fsp3) is 0.417. The summed E-state index contributed by atoms with van der Waals surface area (Å²) < 4.78 is 0. The fourth-order valence-electron chi connectivity index (χ4n) is 0.503. The number of hydrogen-bond donors (Lipinski definition) is 0. The number of rotatable bonds is 5. The molecule has 12 heavy (non-hydrogen) atoms. The van der Waals surface area contributed by atoms with Gasteiger partial charge in [0.2, 0.25) is 0 Å². The van der Waals surface area contributed by atoms with Crippen molar-refractivity contribution in [2.75, 3.05) is 0 Å². The largest absolute Gasteiger partial charge is 0.103 e. The van der Waals surface area contributed by atoms with E-state index in [1.54, 1.807) is 0 Å². The fourth-order valence-corrected chi connectivity index (χ4v) is 0.503. The predicted molar refractivity (Wildman–Crippen MR) is 57.7 cm³/mol. The molecule has 0 amide bonds. The first kappa shape index (κ1) is 13.8. The summed E-state index contributed by atoms with van der Waals surface area (Å²) in [4.78, 5) is 0. The van der Waals surface area contributed by atoms with Crippen LogP contribution in [0.3, 0.4) is 0 Å². The molecule has 0 saturated carbocycles. The van der Waals surface area contributed by atoms with Crippen LogP contribution in [-0.2, 0) is 0 Å². The first-order valence-electron chi connectivity index (χ1n) is 4.43. The van der Waals surface area contributed by atoms with Gasteiger partial charge in [-0.25, -0.2) is 0 Å². The van der Waals surface area contributed by atoms with Gasteiger partial charge in [0.15, 0.2) is 0 Å². The lowest BCUT2D eigenvalue weighted by atomic mass is 10.3. The predicted octanol–water partition coefficient (Wildman–Crippen LogP) is 4.12. The van der Waals surface area contributed by atoms with E-state index in [9.17, 15) is 0 Å². The Kier molecular flexibility index (Phi) is 19.1. The summed E-state index contributed by atoms with van der Waals surface area (Å²) in [5, 5.41) is 0. The van der Waals surface area contributed by atoms with E-state index in [4.69, 9.17) is 6.58 Å². The molecule has 2 radical (unpaired) electrons. The molecule has 0 spiro atoms. The highest BCUT2D eigenvalue weighted by molar-refractivity contribution is 4.94. The van der Waals surface area contributed by atoms with E-state index in [1.807, 2.05) is 18.2 Å². The van der Waals surface area contributed by atoms with Crippen LogP contribution in [0, 0.1) is 13.5 Å². The molecule has 0 aromatic rings. The van der Waals surface area contributed by atoms with E-state index in [0.29, 0.717) is 0 Å². The summed E-state index contributed by atoms with van der Waals surface area (Å²) in [6.45, 7) is 14.3. The summed E-state index contributed by atoms with van der Waals surface area (Å²) in [5.74, 6) is 0. The van der Waals surface area contributed by atoms with Gasteiger partial charge in [-0.15, -0.1) is 6.58 Å². The molecule has 0 nitrogen and oxygen atoms in total. The van der Waals surface area contributed by atoms with Crippen molar-refractivity contribution in [2.45, 2.75) is 32.6 Å². The highest BCUT2D eigenvalue weighted by atomic mass is 13.8. The standard InChI is InChI=1S/C6H11.C6H9/c2*1-3-5-6-4-2/h3H,1-2,4-6H2;1,3,5-6H,4H2,2H3. The zero-order valence-electron chi connectivity index (χ0n) is 8.13. The van der Waals surface area contributed by atoms with Crippen LogP contribution in [0.15, 0.2) is 30.9 Å².